The number of hydrogen-bond acceptors (Lipinski definition) is 3. The van der Waals surface area contributed by atoms with Gasteiger partial charge in [0.1, 0.15) is 5.82 Å². The highest BCUT2D eigenvalue weighted by molar-refractivity contribution is 9.10. The number of thioether (sulfide) groups is 1. The summed E-state index contributed by atoms with van der Waals surface area (Å²) >= 11 is 6.76. The number of rotatable bonds is 3. The smallest absolute Gasteiger partial charge is 0.261 e. The Morgan fingerprint density at radius 1 is 1.38 bits per heavy atom. The number of amides is 1. The maximum atomic E-state index is 13.6. The number of aryl methyl sites for hydroxylation is 1. The van der Waals surface area contributed by atoms with Gasteiger partial charge in [-0.05, 0) is 42.0 Å². The lowest BCUT2D eigenvalue weighted by molar-refractivity contribution is 0.0954. The first-order valence-electron chi connectivity index (χ1n) is 6.55. The van der Waals surface area contributed by atoms with Crippen LogP contribution in [0.1, 0.15) is 25.7 Å². The second-order valence-corrected chi connectivity index (χ2v) is 7.94. The summed E-state index contributed by atoms with van der Waals surface area (Å²) in [6.45, 7) is 0.196. The van der Waals surface area contributed by atoms with Gasteiger partial charge in [0.25, 0.3) is 5.91 Å². The zero-order chi connectivity index (χ0) is 14.8. The van der Waals surface area contributed by atoms with E-state index in [1.54, 1.807) is 23.5 Å². The van der Waals surface area contributed by atoms with Crippen LogP contribution in [0.5, 0.6) is 0 Å². The monoisotopic (exact) mass is 385 g/mol. The van der Waals surface area contributed by atoms with E-state index in [1.165, 1.54) is 16.5 Å². The van der Waals surface area contributed by atoms with Crippen LogP contribution in [0.25, 0.3) is 0 Å². The summed E-state index contributed by atoms with van der Waals surface area (Å²) in [4.78, 5) is 14.2. The van der Waals surface area contributed by atoms with E-state index in [4.69, 9.17) is 0 Å². The molecule has 0 spiro atoms. The van der Waals surface area contributed by atoms with Gasteiger partial charge in [-0.3, -0.25) is 4.79 Å². The third kappa shape index (κ3) is 3.49. The standard InChI is InChI=1S/C15H13BrFNOS2/c16-11-1-2-12(17)9(5-11)7-18-15(19)14-6-10-8-20-4-3-13(10)21-14/h1-2,5-6H,3-4,7-8H2,(H,18,19). The fraction of sp³-hybridized carbons (Fsp3) is 0.267. The Morgan fingerprint density at radius 3 is 3.05 bits per heavy atom. The first-order chi connectivity index (χ1) is 10.1. The average molecular weight is 386 g/mol. The van der Waals surface area contributed by atoms with Gasteiger partial charge in [-0.25, -0.2) is 4.39 Å². The molecule has 0 saturated carbocycles. The molecule has 0 atom stereocenters. The molecule has 1 aliphatic rings. The predicted molar refractivity (Wildman–Crippen MR) is 89.5 cm³/mol. The van der Waals surface area contributed by atoms with Crippen molar-refractivity contribution < 1.29 is 9.18 Å². The Bertz CT molecular complexity index is 663. The number of benzene rings is 1. The lowest BCUT2D eigenvalue weighted by Crippen LogP contribution is -2.22. The SMILES string of the molecule is O=C(NCc1cc(Br)ccc1F)c1cc2c(s1)CCSC2. The summed E-state index contributed by atoms with van der Waals surface area (Å²) in [6.07, 6.45) is 1.04. The molecule has 0 aliphatic carbocycles. The van der Waals surface area contributed by atoms with Gasteiger partial charge in [0.2, 0.25) is 0 Å². The molecule has 0 fully saturated rings. The van der Waals surface area contributed by atoms with Gasteiger partial charge in [0.05, 0.1) is 4.88 Å². The number of nitrogens with one attached hydrogen (secondary N) is 1. The van der Waals surface area contributed by atoms with E-state index in [1.807, 2.05) is 17.8 Å². The molecule has 1 aromatic carbocycles. The van der Waals surface area contributed by atoms with Crippen molar-refractivity contribution in [1.82, 2.24) is 5.32 Å². The Hall–Kier alpha value is -0.850. The van der Waals surface area contributed by atoms with Crippen LogP contribution in [0.3, 0.4) is 0 Å². The lowest BCUT2D eigenvalue weighted by atomic mass is 10.2. The predicted octanol–water partition coefficient (Wildman–Crippen LogP) is 4.37. The van der Waals surface area contributed by atoms with Crippen LogP contribution < -0.4 is 5.32 Å². The molecule has 0 radical (unpaired) electrons. The molecule has 2 nitrogen and oxygen atoms in total. The lowest BCUT2D eigenvalue weighted by Gasteiger charge is -2.08. The summed E-state index contributed by atoms with van der Waals surface area (Å²) in [7, 11) is 0. The maximum absolute atomic E-state index is 13.6. The molecule has 1 amide bonds. The normalized spacial score (nSPS) is 13.8. The Morgan fingerprint density at radius 2 is 2.24 bits per heavy atom. The van der Waals surface area contributed by atoms with Crippen molar-refractivity contribution in [3.8, 4) is 0 Å². The molecular formula is C15H13BrFNOS2. The molecule has 1 aliphatic heterocycles. The van der Waals surface area contributed by atoms with Crippen LogP contribution >= 0.6 is 39.0 Å². The summed E-state index contributed by atoms with van der Waals surface area (Å²) in [6, 6.07) is 6.70. The maximum Gasteiger partial charge on any atom is 0.261 e. The highest BCUT2D eigenvalue weighted by Gasteiger charge is 2.17. The fourth-order valence-electron chi connectivity index (χ4n) is 2.20. The van der Waals surface area contributed by atoms with Crippen LogP contribution in [0, 0.1) is 5.82 Å². The molecule has 110 valence electrons. The zero-order valence-corrected chi connectivity index (χ0v) is 14.3. The fourth-order valence-corrected chi connectivity index (χ4v) is 4.90. The Balaban J connectivity index is 1.69. The first-order valence-corrected chi connectivity index (χ1v) is 9.31. The molecule has 0 unspecified atom stereocenters. The van der Waals surface area contributed by atoms with Gasteiger partial charge in [-0.15, -0.1) is 11.3 Å². The molecule has 6 heteroatoms. The van der Waals surface area contributed by atoms with Gasteiger partial charge in [-0.1, -0.05) is 15.9 Å². The van der Waals surface area contributed by atoms with Crippen LogP contribution in [0.2, 0.25) is 0 Å². The highest BCUT2D eigenvalue weighted by atomic mass is 79.9. The minimum absolute atomic E-state index is 0.126. The molecule has 3 rings (SSSR count). The van der Waals surface area contributed by atoms with Crippen LogP contribution in [-0.4, -0.2) is 11.7 Å². The van der Waals surface area contributed by atoms with E-state index in [9.17, 15) is 9.18 Å². The molecule has 2 aromatic rings. The summed E-state index contributed by atoms with van der Waals surface area (Å²) < 4.78 is 14.4. The van der Waals surface area contributed by atoms with Crippen LogP contribution in [-0.2, 0) is 18.7 Å². The molecular weight excluding hydrogens is 373 g/mol. The topological polar surface area (TPSA) is 29.1 Å². The molecule has 0 bridgehead atoms. The molecule has 21 heavy (non-hydrogen) atoms. The van der Waals surface area contributed by atoms with Crippen molar-refractivity contribution >= 4 is 44.9 Å². The van der Waals surface area contributed by atoms with Crippen LogP contribution in [0.15, 0.2) is 28.7 Å². The number of carbonyl (C=O) groups is 1. The number of fused-ring (bicyclic) bond motifs is 1. The highest BCUT2D eigenvalue weighted by Crippen LogP contribution is 2.31. The van der Waals surface area contributed by atoms with Gasteiger partial charge in [0, 0.05) is 27.2 Å². The van der Waals surface area contributed by atoms with Crippen molar-refractivity contribution in [2.24, 2.45) is 0 Å². The van der Waals surface area contributed by atoms with Crippen LogP contribution in [0.4, 0.5) is 4.39 Å². The van der Waals surface area contributed by atoms with Crippen molar-refractivity contribution in [3.05, 3.63) is 55.4 Å². The number of hydrogen-bond donors (Lipinski definition) is 1. The minimum atomic E-state index is -0.305. The average Bonchev–Trinajstić information content (AvgIpc) is 2.92. The Labute approximate surface area is 139 Å². The third-order valence-corrected chi connectivity index (χ3v) is 6.04. The second-order valence-electron chi connectivity index (χ2n) is 4.78. The van der Waals surface area contributed by atoms with Gasteiger partial charge < -0.3 is 5.32 Å². The summed E-state index contributed by atoms with van der Waals surface area (Å²) in [5.74, 6) is 1.68. The van der Waals surface area contributed by atoms with E-state index in [-0.39, 0.29) is 18.3 Å². The first kappa shape index (κ1) is 15.1. The van der Waals surface area contributed by atoms with Crippen molar-refractivity contribution in [1.29, 1.82) is 0 Å². The van der Waals surface area contributed by atoms with E-state index in [2.05, 4.69) is 21.2 Å². The summed E-state index contributed by atoms with van der Waals surface area (Å²) in [5.41, 5.74) is 1.75. The number of thiophene rings is 1. The quantitative estimate of drug-likeness (QED) is 0.849. The third-order valence-electron chi connectivity index (χ3n) is 3.30. The van der Waals surface area contributed by atoms with Gasteiger partial charge >= 0.3 is 0 Å². The Kier molecular flexibility index (Phi) is 4.66. The van der Waals surface area contributed by atoms with E-state index in [0.29, 0.717) is 5.56 Å². The van der Waals surface area contributed by atoms with Gasteiger partial charge in [-0.2, -0.15) is 11.8 Å². The minimum Gasteiger partial charge on any atom is -0.347 e. The largest absolute Gasteiger partial charge is 0.347 e. The molecule has 1 aromatic heterocycles. The van der Waals surface area contributed by atoms with E-state index in [0.717, 1.165) is 27.3 Å². The molecule has 0 saturated heterocycles. The van der Waals surface area contributed by atoms with Crippen molar-refractivity contribution in [3.63, 3.8) is 0 Å². The van der Waals surface area contributed by atoms with E-state index < -0.39 is 0 Å². The molecule has 1 N–H and O–H groups in total. The number of carbonyl (C=O) groups excluding carboxylic acids is 1. The summed E-state index contributed by atoms with van der Waals surface area (Å²) in [5, 5.41) is 2.80. The molecule has 2 heterocycles. The van der Waals surface area contributed by atoms with E-state index >= 15 is 0 Å². The zero-order valence-electron chi connectivity index (χ0n) is 11.1. The van der Waals surface area contributed by atoms with Crippen molar-refractivity contribution in [2.75, 3.05) is 5.75 Å². The van der Waals surface area contributed by atoms with Gasteiger partial charge in [0.15, 0.2) is 0 Å². The number of halogens is 2. The van der Waals surface area contributed by atoms with Crippen molar-refractivity contribution in [2.45, 2.75) is 18.7 Å². The second kappa shape index (κ2) is 6.50.